The molecule has 0 unspecified atom stereocenters. The fourth-order valence-corrected chi connectivity index (χ4v) is 9.88. The number of nitrogens with two attached hydrogens (primary N) is 1. The van der Waals surface area contributed by atoms with Gasteiger partial charge < -0.3 is 51.5 Å². The van der Waals surface area contributed by atoms with Crippen molar-refractivity contribution in [1.82, 2.24) is 75.9 Å². The smallest absolute Gasteiger partial charge is 0.387 e. The summed E-state index contributed by atoms with van der Waals surface area (Å²) in [6.07, 6.45) is 16.7. The summed E-state index contributed by atoms with van der Waals surface area (Å²) in [5.41, 5.74) is 12.3. The Kier molecular flexibility index (Phi) is 29.2. The van der Waals surface area contributed by atoms with E-state index in [1.165, 1.54) is 118 Å². The molecule has 29 nitrogen and oxygen atoms in total. The number of ketones is 1. The molecule has 110 heavy (non-hydrogen) atoms. The fraction of sp³-hybridized carbons (Fsp3) is 0.0833. The molecule has 8 aromatic heterocycles. The predicted molar refractivity (Wildman–Crippen MR) is 394 cm³/mol. The molecule has 8 heterocycles. The average molecular weight is 1590 g/mol. The van der Waals surface area contributed by atoms with E-state index in [-0.39, 0.29) is 82.4 Å². The summed E-state index contributed by atoms with van der Waals surface area (Å²) in [6.45, 7) is -8.82. The average Bonchev–Trinajstić information content (AvgIpc) is 0.781. The number of hydrogen-bond donors (Lipinski definition) is 5. The Balaban J connectivity index is 0.000000193. The van der Waals surface area contributed by atoms with Crippen molar-refractivity contribution in [2.75, 3.05) is 35.9 Å². The van der Waals surface area contributed by atoms with Gasteiger partial charge in [0.15, 0.2) is 23.3 Å². The molecule has 38 heteroatoms. The summed E-state index contributed by atoms with van der Waals surface area (Å²) in [7, 11) is 3.01. The molecular formula is C72H56Cl2F6FeN20O9. The molecule has 0 aliphatic rings. The number of anilines is 7. The number of carbonyl (C=O) groups is 2. The van der Waals surface area contributed by atoms with Gasteiger partial charge in [-0.3, -0.25) is 34.7 Å². The van der Waals surface area contributed by atoms with Gasteiger partial charge in [-0.25, -0.2) is 54.8 Å². The summed E-state index contributed by atoms with van der Waals surface area (Å²) < 4.78 is 98.6. The first-order chi connectivity index (χ1) is 51.8. The van der Waals surface area contributed by atoms with E-state index < -0.39 is 30.0 Å². The monoisotopic (exact) mass is 1580 g/mol. The number of rotatable bonds is 22. The maximum atomic E-state index is 12.9. The summed E-state index contributed by atoms with van der Waals surface area (Å²) >= 11 is 5.18. The van der Waals surface area contributed by atoms with Crippen molar-refractivity contribution in [3.8, 4) is 63.6 Å². The van der Waals surface area contributed by atoms with Gasteiger partial charge in [-0.15, -0.1) is 12.4 Å². The fourth-order valence-electron chi connectivity index (χ4n) is 9.77. The Morgan fingerprint density at radius 2 is 0.873 bits per heavy atom. The molecule has 562 valence electrons. The van der Waals surface area contributed by atoms with Crippen LogP contribution in [0.4, 0.5) is 72.2 Å². The molecule has 0 fully saturated rings. The topological polar surface area (TPSA) is 401 Å². The molecule has 0 amide bonds. The third kappa shape index (κ3) is 22.5. The first-order valence-corrected chi connectivity index (χ1v) is 31.5. The number of nitrogen functional groups attached to an aromatic ring is 1. The first-order valence-electron chi connectivity index (χ1n) is 31.1. The molecule has 0 bridgehead atoms. The van der Waals surface area contributed by atoms with Gasteiger partial charge in [0.2, 0.25) is 11.8 Å². The molecule has 0 saturated carbocycles. The Hall–Kier alpha value is -13.5. The number of benzene rings is 6. The molecule has 6 aromatic carbocycles. The van der Waals surface area contributed by atoms with Crippen molar-refractivity contribution in [3.05, 3.63) is 247 Å². The maximum absolute atomic E-state index is 12.9. The number of Topliss-reactive ketones (excluding diaryl/α,β-unsaturated/α-hetero) is 1. The Bertz CT molecular complexity index is 5460. The summed E-state index contributed by atoms with van der Waals surface area (Å²) in [5.74, 6) is 2.76. The SMILES string of the molecule is COc1ccc(C(=O)Cc2ccc3nc(-c4cnccn4)nc(Nc4cccc(OC(F)F)c4)c3c2)cn1.COc1ccc(C(=O)Cl)cn1.Cl.N.Nc1ccc2nc(-c3cnccn3)nc(Nc3cccc(OC(F)F)c3)c2c1.O=[N+]([O-])c1ccc2nc(-c3cnccn3)nc(Nc3cccc(OC(F)F)c3)c2c1.[Fe]. The number of nitrogens with zero attached hydrogens (tertiary/aromatic N) is 15. The van der Waals surface area contributed by atoms with Crippen LogP contribution in [0.1, 0.15) is 26.3 Å². The number of fused-ring (bicyclic) bond motifs is 3. The van der Waals surface area contributed by atoms with E-state index in [2.05, 4.69) is 99.9 Å². The molecule has 0 saturated heterocycles. The number of carbonyl (C=O) groups excluding carboxylic acids is 2. The van der Waals surface area contributed by atoms with E-state index in [0.717, 1.165) is 5.56 Å². The van der Waals surface area contributed by atoms with Crippen molar-refractivity contribution in [1.29, 1.82) is 0 Å². The first kappa shape index (κ1) is 82.1. The second kappa shape index (κ2) is 39.2. The predicted octanol–water partition coefficient (Wildman–Crippen LogP) is 15.7. The van der Waals surface area contributed by atoms with Crippen LogP contribution in [0.15, 0.2) is 220 Å². The molecule has 0 radical (unpaired) electrons. The van der Waals surface area contributed by atoms with Crippen molar-refractivity contribution < 1.29 is 81.6 Å². The van der Waals surface area contributed by atoms with Gasteiger partial charge in [-0.05, 0) is 102 Å². The summed E-state index contributed by atoms with van der Waals surface area (Å²) in [6, 6.07) is 39.5. The van der Waals surface area contributed by atoms with Crippen LogP contribution in [-0.4, -0.2) is 120 Å². The molecule has 0 atom stereocenters. The molecular weight excluding hydrogens is 1530 g/mol. The number of ether oxygens (including phenoxy) is 5. The van der Waals surface area contributed by atoms with Gasteiger partial charge in [0, 0.05) is 160 Å². The number of halogens is 8. The molecule has 14 aromatic rings. The second-order valence-corrected chi connectivity index (χ2v) is 22.0. The zero-order chi connectivity index (χ0) is 75.3. The minimum Gasteiger partial charge on any atom is -0.481 e. The van der Waals surface area contributed by atoms with Crippen LogP contribution in [0, 0.1) is 10.1 Å². The van der Waals surface area contributed by atoms with Gasteiger partial charge >= 0.3 is 19.8 Å². The number of nitro benzene ring substituents is 1. The largest absolute Gasteiger partial charge is 0.481 e. The van der Waals surface area contributed by atoms with Gasteiger partial charge in [0.25, 0.3) is 10.9 Å². The maximum Gasteiger partial charge on any atom is 0.387 e. The summed E-state index contributed by atoms with van der Waals surface area (Å²) in [4.78, 5) is 93.8. The zero-order valence-electron chi connectivity index (χ0n) is 56.8. The van der Waals surface area contributed by atoms with E-state index in [9.17, 15) is 46.0 Å². The van der Waals surface area contributed by atoms with Crippen LogP contribution < -0.4 is 51.5 Å². The number of nitro groups is 1. The number of methoxy groups -OCH3 is 2. The van der Waals surface area contributed by atoms with E-state index in [0.29, 0.717) is 119 Å². The molecule has 14 rings (SSSR count). The molecule has 8 N–H and O–H groups in total. The van der Waals surface area contributed by atoms with Crippen molar-refractivity contribution >= 4 is 114 Å². The quantitative estimate of drug-likeness (QED) is 0.00800. The third-order valence-electron chi connectivity index (χ3n) is 14.5. The van der Waals surface area contributed by atoms with Crippen molar-refractivity contribution in [2.45, 2.75) is 26.3 Å². The number of aromatic nitrogens is 14. The van der Waals surface area contributed by atoms with Gasteiger partial charge in [0.1, 0.15) is 51.8 Å². The number of alkyl halides is 6. The van der Waals surface area contributed by atoms with Gasteiger partial charge in [-0.1, -0.05) is 24.3 Å². The third-order valence-corrected chi connectivity index (χ3v) is 14.7. The number of non-ortho nitro benzene ring substituents is 1. The zero-order valence-corrected chi connectivity index (χ0v) is 59.5. The van der Waals surface area contributed by atoms with Crippen LogP contribution in [0.3, 0.4) is 0 Å². The van der Waals surface area contributed by atoms with Crippen molar-refractivity contribution in [3.63, 3.8) is 0 Å². The molecule has 0 spiro atoms. The van der Waals surface area contributed by atoms with Crippen molar-refractivity contribution in [2.24, 2.45) is 0 Å². The summed E-state index contributed by atoms with van der Waals surface area (Å²) in [5, 5.41) is 21.6. The second-order valence-electron chi connectivity index (χ2n) is 21.7. The number of nitrogens with one attached hydrogen (secondary N) is 3. The Labute approximate surface area is 640 Å². The minimum absolute atomic E-state index is 0. The Morgan fingerprint density at radius 1 is 0.482 bits per heavy atom. The molecule has 0 aliphatic carbocycles. The standard InChI is InChI=1S/C27H20F2N6O3.C19H12F2N6O3.C19H14F2N6O.C7H6ClNO2.ClH.Fe.H3N/c1-37-24-8-6-17(14-32-24)23(36)12-16-5-7-21-20(11-16)25(35-26(34-21)22-15-30-9-10-31-22)33-18-3-2-4-19(13-18)38-27(28)29;20-19(21)30-13-3-1-2-11(8-13)24-17-14-9-12(27(28)29)4-5-15(14)25-18(26-17)16-10-22-6-7-23-16;20-19(21)28-13-3-1-2-12(9-13)25-17-14-8-11(22)4-5-15(14)26-18(27-17)16-10-23-6-7-24-16;1-11-6-3-2-5(4-9-6)7(8)10;;;/h2-11,13-15,27H,12H2,1H3,(H,33,34,35);1-10,19H,(H,24,25,26);1-10,19H,22H2,(H,25,26,27);2-4H,1H3;1H;;1H3. The normalized spacial score (nSPS) is 10.5. The Morgan fingerprint density at radius 3 is 1.24 bits per heavy atom. The van der Waals surface area contributed by atoms with E-state index >= 15 is 0 Å². The van der Waals surface area contributed by atoms with Gasteiger partial charge in [0.05, 0.1) is 59.8 Å². The number of pyridine rings is 2. The van der Waals surface area contributed by atoms with Crippen LogP contribution >= 0.6 is 24.0 Å². The van der Waals surface area contributed by atoms with E-state index in [1.54, 1.807) is 104 Å². The van der Waals surface area contributed by atoms with Crippen LogP contribution in [0.2, 0.25) is 0 Å². The van der Waals surface area contributed by atoms with Gasteiger partial charge in [-0.2, -0.15) is 26.3 Å². The minimum atomic E-state index is -2.97. The molecule has 0 aliphatic heterocycles. The van der Waals surface area contributed by atoms with E-state index in [4.69, 9.17) is 26.8 Å². The van der Waals surface area contributed by atoms with Crippen LogP contribution in [0.5, 0.6) is 29.0 Å². The number of hydrogen-bond acceptors (Lipinski definition) is 28. The van der Waals surface area contributed by atoms with Crippen LogP contribution in [0.25, 0.3) is 67.3 Å². The van der Waals surface area contributed by atoms with E-state index in [1.807, 2.05) is 12.1 Å². The van der Waals surface area contributed by atoms with Crippen LogP contribution in [-0.2, 0) is 23.5 Å².